The van der Waals surface area contributed by atoms with Crippen LogP contribution in [0.15, 0.2) is 35.6 Å². The number of nitrogens with zero attached hydrogens (tertiary/aromatic N) is 2. The van der Waals surface area contributed by atoms with Crippen molar-refractivity contribution >= 4 is 19.1 Å². The van der Waals surface area contributed by atoms with E-state index in [4.69, 9.17) is 0 Å². The van der Waals surface area contributed by atoms with Crippen molar-refractivity contribution < 1.29 is 0 Å². The lowest BCUT2D eigenvalue weighted by atomic mass is 10.5. The fraction of sp³-hybridized carbons (Fsp3) is 0.250. The van der Waals surface area contributed by atoms with Crippen molar-refractivity contribution in [3.63, 3.8) is 0 Å². The van der Waals surface area contributed by atoms with Gasteiger partial charge < -0.3 is 4.99 Å². The van der Waals surface area contributed by atoms with Gasteiger partial charge in [-0.1, -0.05) is 6.07 Å². The van der Waals surface area contributed by atoms with Crippen LogP contribution >= 0.6 is 12.4 Å². The topological polar surface area (TPSA) is 25.2 Å². The molecule has 3 heteroatoms. The molecule has 0 aliphatic heterocycles. The third-order valence-corrected chi connectivity index (χ3v) is 0.790. The molecule has 0 atom stereocenters. The number of aliphatic imine (C=N–C) groups is 1. The first kappa shape index (κ1) is 12.8. The zero-order chi connectivity index (χ0) is 7.66. The second kappa shape index (κ2) is 11.9. The van der Waals surface area contributed by atoms with E-state index in [-0.39, 0.29) is 12.4 Å². The maximum absolute atomic E-state index is 3.78. The van der Waals surface area contributed by atoms with Gasteiger partial charge in [0.2, 0.25) is 0 Å². The third kappa shape index (κ3) is 12.3. The first-order chi connectivity index (χ1) is 4.91. The summed E-state index contributed by atoms with van der Waals surface area (Å²) >= 11 is 0. The Morgan fingerprint density at radius 2 is 1.73 bits per heavy atom. The molecule has 0 saturated carbocycles. The van der Waals surface area contributed by atoms with E-state index < -0.39 is 0 Å². The molecule has 0 aliphatic rings. The van der Waals surface area contributed by atoms with Gasteiger partial charge in [0, 0.05) is 18.9 Å². The van der Waals surface area contributed by atoms with Crippen molar-refractivity contribution in [3.05, 3.63) is 30.6 Å². The summed E-state index contributed by atoms with van der Waals surface area (Å²) in [5, 5.41) is 0. The van der Waals surface area contributed by atoms with Crippen LogP contribution in [0, 0.1) is 0 Å². The van der Waals surface area contributed by atoms with Crippen LogP contribution in [0.3, 0.4) is 0 Å². The highest BCUT2D eigenvalue weighted by molar-refractivity contribution is 5.85. The van der Waals surface area contributed by atoms with E-state index >= 15 is 0 Å². The summed E-state index contributed by atoms with van der Waals surface area (Å²) in [7, 11) is 0. The lowest BCUT2D eigenvalue weighted by Gasteiger charge is -1.70. The van der Waals surface area contributed by atoms with E-state index in [1.54, 1.807) is 12.4 Å². The molecule has 0 fully saturated rings. The molecule has 1 aromatic heterocycles. The van der Waals surface area contributed by atoms with Crippen LogP contribution in [0.1, 0.15) is 6.92 Å². The Hall–Kier alpha value is -0.890. The highest BCUT2D eigenvalue weighted by atomic mass is 35.5. The van der Waals surface area contributed by atoms with E-state index in [0.29, 0.717) is 0 Å². The standard InChI is InChI=1S/C5H5N.C3H7N.ClH/c1-2-4-6-5-3-1;1-3-4-2;/h1-5H;2-3H2,1H3;1H. The second-order valence-electron chi connectivity index (χ2n) is 1.56. The number of aromatic nitrogens is 1. The van der Waals surface area contributed by atoms with Gasteiger partial charge in [0.25, 0.3) is 0 Å². The number of halogens is 1. The summed E-state index contributed by atoms with van der Waals surface area (Å²) < 4.78 is 0. The fourth-order valence-electron chi connectivity index (χ4n) is 0.313. The maximum atomic E-state index is 3.78. The van der Waals surface area contributed by atoms with E-state index in [1.165, 1.54) is 0 Å². The lowest BCUT2D eigenvalue weighted by Crippen LogP contribution is -1.58. The molecule has 1 heterocycles. The first-order valence-corrected chi connectivity index (χ1v) is 3.19. The minimum atomic E-state index is 0. The molecular formula is C8H13ClN2. The quantitative estimate of drug-likeness (QED) is 0.597. The van der Waals surface area contributed by atoms with Crippen LogP contribution < -0.4 is 0 Å². The Balaban J connectivity index is 0. The zero-order valence-corrected chi connectivity index (χ0v) is 7.42. The molecule has 11 heavy (non-hydrogen) atoms. The number of hydrogen-bond acceptors (Lipinski definition) is 2. The predicted molar refractivity (Wildman–Crippen MR) is 51.6 cm³/mol. The fourth-order valence-corrected chi connectivity index (χ4v) is 0.313. The molecule has 0 saturated heterocycles. The molecule has 1 aromatic rings. The molecule has 62 valence electrons. The molecule has 0 radical (unpaired) electrons. The second-order valence-corrected chi connectivity index (χ2v) is 1.56. The minimum absolute atomic E-state index is 0. The van der Waals surface area contributed by atoms with Gasteiger partial charge in [0.05, 0.1) is 0 Å². The van der Waals surface area contributed by atoms with Gasteiger partial charge in [-0.2, -0.15) is 0 Å². The van der Waals surface area contributed by atoms with Crippen LogP contribution in [0.25, 0.3) is 0 Å². The van der Waals surface area contributed by atoms with Crippen molar-refractivity contribution in [2.75, 3.05) is 6.54 Å². The Labute approximate surface area is 73.8 Å². The molecule has 0 aromatic carbocycles. The summed E-state index contributed by atoms with van der Waals surface area (Å²) in [6, 6.07) is 5.72. The van der Waals surface area contributed by atoms with Gasteiger partial charge in [-0.05, 0) is 25.8 Å². The van der Waals surface area contributed by atoms with Gasteiger partial charge in [-0.15, -0.1) is 12.4 Å². The smallest absolute Gasteiger partial charge is 0.0353 e. The van der Waals surface area contributed by atoms with Gasteiger partial charge in [-0.25, -0.2) is 0 Å². The van der Waals surface area contributed by atoms with Crippen LogP contribution in [-0.2, 0) is 0 Å². The number of hydrogen-bond donors (Lipinski definition) is 0. The van der Waals surface area contributed by atoms with E-state index in [2.05, 4.69) is 16.7 Å². The molecular weight excluding hydrogens is 160 g/mol. The SMILES string of the molecule is C=NCC.Cl.c1ccncc1. The van der Waals surface area contributed by atoms with Crippen LogP contribution in [0.5, 0.6) is 0 Å². The Morgan fingerprint density at radius 1 is 1.27 bits per heavy atom. The summed E-state index contributed by atoms with van der Waals surface area (Å²) in [5.41, 5.74) is 0. The largest absolute Gasteiger partial charge is 0.301 e. The molecule has 0 N–H and O–H groups in total. The highest BCUT2D eigenvalue weighted by Crippen LogP contribution is 1.73. The van der Waals surface area contributed by atoms with Crippen molar-refractivity contribution in [2.45, 2.75) is 6.92 Å². The molecule has 2 nitrogen and oxygen atoms in total. The van der Waals surface area contributed by atoms with Crippen molar-refractivity contribution in [3.8, 4) is 0 Å². The van der Waals surface area contributed by atoms with Crippen LogP contribution in [0.4, 0.5) is 0 Å². The molecule has 0 unspecified atom stereocenters. The van der Waals surface area contributed by atoms with Gasteiger partial charge in [0.1, 0.15) is 0 Å². The molecule has 1 rings (SSSR count). The minimum Gasteiger partial charge on any atom is -0.301 e. The summed E-state index contributed by atoms with van der Waals surface area (Å²) in [4.78, 5) is 7.27. The van der Waals surface area contributed by atoms with Gasteiger partial charge in [0.15, 0.2) is 0 Å². The Kier molecular flexibility index (Phi) is 13.7. The van der Waals surface area contributed by atoms with Gasteiger partial charge in [-0.3, -0.25) is 4.98 Å². The van der Waals surface area contributed by atoms with Crippen molar-refractivity contribution in [2.24, 2.45) is 4.99 Å². The summed E-state index contributed by atoms with van der Waals surface area (Å²) in [6.45, 7) is 6.01. The average Bonchev–Trinajstić information content (AvgIpc) is 2.08. The monoisotopic (exact) mass is 172 g/mol. The zero-order valence-electron chi connectivity index (χ0n) is 6.60. The third-order valence-electron chi connectivity index (χ3n) is 0.790. The van der Waals surface area contributed by atoms with Crippen molar-refractivity contribution in [1.82, 2.24) is 4.98 Å². The number of pyridine rings is 1. The van der Waals surface area contributed by atoms with E-state index in [9.17, 15) is 0 Å². The normalized spacial score (nSPS) is 6.64. The molecule has 0 bridgehead atoms. The first-order valence-electron chi connectivity index (χ1n) is 3.19. The molecule has 0 spiro atoms. The average molecular weight is 173 g/mol. The van der Waals surface area contributed by atoms with Gasteiger partial charge >= 0.3 is 0 Å². The van der Waals surface area contributed by atoms with E-state index in [0.717, 1.165) is 6.54 Å². The number of rotatable bonds is 1. The van der Waals surface area contributed by atoms with Crippen LogP contribution in [0.2, 0.25) is 0 Å². The van der Waals surface area contributed by atoms with Crippen LogP contribution in [-0.4, -0.2) is 18.2 Å². The molecule has 0 aliphatic carbocycles. The lowest BCUT2D eigenvalue weighted by molar-refractivity contribution is 1.15. The van der Waals surface area contributed by atoms with E-state index in [1.807, 2.05) is 25.1 Å². The van der Waals surface area contributed by atoms with Crippen molar-refractivity contribution in [1.29, 1.82) is 0 Å². The maximum Gasteiger partial charge on any atom is 0.0353 e. The Bertz CT molecular complexity index is 127. The summed E-state index contributed by atoms with van der Waals surface area (Å²) in [6.07, 6.45) is 3.50. The highest BCUT2D eigenvalue weighted by Gasteiger charge is 1.58. The molecule has 0 amide bonds. The summed E-state index contributed by atoms with van der Waals surface area (Å²) in [5.74, 6) is 0. The predicted octanol–water partition coefficient (Wildman–Crippen LogP) is 2.21. The Morgan fingerprint density at radius 3 is 1.82 bits per heavy atom.